The Hall–Kier alpha value is -1.45. The molecule has 0 aliphatic rings. The SMILES string of the molecule is COc1ccc(CCNCc2ccc(Cl)o2)cc1. The van der Waals surface area contributed by atoms with Crippen molar-refractivity contribution in [2.75, 3.05) is 13.7 Å². The summed E-state index contributed by atoms with van der Waals surface area (Å²) in [4.78, 5) is 0. The molecule has 1 aromatic heterocycles. The van der Waals surface area contributed by atoms with Crippen LogP contribution in [0.4, 0.5) is 0 Å². The minimum absolute atomic E-state index is 0.432. The summed E-state index contributed by atoms with van der Waals surface area (Å²) in [5.74, 6) is 1.74. The highest BCUT2D eigenvalue weighted by Gasteiger charge is 1.99. The highest BCUT2D eigenvalue weighted by molar-refractivity contribution is 6.28. The molecule has 96 valence electrons. The van der Waals surface area contributed by atoms with E-state index in [4.69, 9.17) is 20.8 Å². The van der Waals surface area contributed by atoms with Crippen LogP contribution in [-0.2, 0) is 13.0 Å². The van der Waals surface area contributed by atoms with Crippen LogP contribution in [-0.4, -0.2) is 13.7 Å². The summed E-state index contributed by atoms with van der Waals surface area (Å²) >= 11 is 5.69. The van der Waals surface area contributed by atoms with Gasteiger partial charge >= 0.3 is 0 Å². The third kappa shape index (κ3) is 3.79. The lowest BCUT2D eigenvalue weighted by Gasteiger charge is -2.04. The Bertz CT molecular complexity index is 479. The summed E-state index contributed by atoms with van der Waals surface area (Å²) in [7, 11) is 1.67. The lowest BCUT2D eigenvalue weighted by Crippen LogP contribution is -2.16. The molecule has 0 unspecified atom stereocenters. The molecule has 2 aromatic rings. The zero-order valence-corrected chi connectivity index (χ0v) is 11.0. The molecule has 0 fully saturated rings. The third-order valence-corrected chi connectivity index (χ3v) is 2.88. The molecule has 4 heteroatoms. The number of halogens is 1. The first kappa shape index (κ1) is 13.0. The fourth-order valence-corrected chi connectivity index (χ4v) is 1.85. The largest absolute Gasteiger partial charge is 0.497 e. The summed E-state index contributed by atoms with van der Waals surface area (Å²) in [5.41, 5.74) is 1.28. The molecule has 0 atom stereocenters. The number of furan rings is 1. The van der Waals surface area contributed by atoms with E-state index in [2.05, 4.69) is 17.4 Å². The molecule has 1 heterocycles. The summed E-state index contributed by atoms with van der Waals surface area (Å²) in [5, 5.41) is 3.74. The average molecular weight is 266 g/mol. The van der Waals surface area contributed by atoms with E-state index in [0.29, 0.717) is 11.8 Å². The van der Waals surface area contributed by atoms with Crippen molar-refractivity contribution in [2.24, 2.45) is 0 Å². The second-order valence-corrected chi connectivity index (χ2v) is 4.35. The molecule has 0 saturated heterocycles. The molecule has 0 bridgehead atoms. The van der Waals surface area contributed by atoms with E-state index >= 15 is 0 Å². The van der Waals surface area contributed by atoms with Crippen LogP contribution >= 0.6 is 11.6 Å². The van der Waals surface area contributed by atoms with Crippen LogP contribution in [0, 0.1) is 0 Å². The van der Waals surface area contributed by atoms with Gasteiger partial charge in [-0.1, -0.05) is 12.1 Å². The summed E-state index contributed by atoms with van der Waals surface area (Å²) < 4.78 is 10.4. The molecule has 18 heavy (non-hydrogen) atoms. The van der Waals surface area contributed by atoms with Crippen LogP contribution in [0.3, 0.4) is 0 Å². The minimum atomic E-state index is 0.432. The molecule has 0 saturated carbocycles. The van der Waals surface area contributed by atoms with E-state index < -0.39 is 0 Å². The summed E-state index contributed by atoms with van der Waals surface area (Å²) in [6.45, 7) is 1.59. The number of rotatable bonds is 6. The van der Waals surface area contributed by atoms with Crippen LogP contribution in [0.1, 0.15) is 11.3 Å². The van der Waals surface area contributed by atoms with Crippen LogP contribution < -0.4 is 10.1 Å². The molecule has 0 radical (unpaired) electrons. The highest BCUT2D eigenvalue weighted by atomic mass is 35.5. The second kappa shape index (κ2) is 6.47. The van der Waals surface area contributed by atoms with Gasteiger partial charge in [-0.05, 0) is 54.4 Å². The van der Waals surface area contributed by atoms with Crippen molar-refractivity contribution in [3.8, 4) is 5.75 Å². The van der Waals surface area contributed by atoms with Crippen molar-refractivity contribution in [3.05, 3.63) is 52.9 Å². The van der Waals surface area contributed by atoms with Gasteiger partial charge in [-0.15, -0.1) is 0 Å². The van der Waals surface area contributed by atoms with Gasteiger partial charge < -0.3 is 14.5 Å². The van der Waals surface area contributed by atoms with E-state index in [1.54, 1.807) is 13.2 Å². The average Bonchev–Trinajstić information content (AvgIpc) is 2.81. The monoisotopic (exact) mass is 265 g/mol. The Morgan fingerprint density at radius 2 is 1.94 bits per heavy atom. The smallest absolute Gasteiger partial charge is 0.193 e. The Morgan fingerprint density at radius 1 is 1.17 bits per heavy atom. The molecule has 0 aliphatic heterocycles. The number of ether oxygens (including phenoxy) is 1. The molecule has 3 nitrogen and oxygen atoms in total. The normalized spacial score (nSPS) is 10.6. The van der Waals surface area contributed by atoms with Crippen LogP contribution in [0.5, 0.6) is 5.75 Å². The van der Waals surface area contributed by atoms with Gasteiger partial charge in [0.25, 0.3) is 0 Å². The topological polar surface area (TPSA) is 34.4 Å². The van der Waals surface area contributed by atoms with Crippen molar-refractivity contribution >= 4 is 11.6 Å². The Labute approximate surface area is 112 Å². The Kier molecular flexibility index (Phi) is 4.67. The van der Waals surface area contributed by atoms with E-state index in [9.17, 15) is 0 Å². The molecular weight excluding hydrogens is 250 g/mol. The van der Waals surface area contributed by atoms with Crippen LogP contribution in [0.15, 0.2) is 40.8 Å². The highest BCUT2D eigenvalue weighted by Crippen LogP contribution is 2.13. The van der Waals surface area contributed by atoms with E-state index in [0.717, 1.165) is 24.5 Å². The second-order valence-electron chi connectivity index (χ2n) is 3.98. The Morgan fingerprint density at radius 3 is 2.56 bits per heavy atom. The number of hydrogen-bond acceptors (Lipinski definition) is 3. The molecule has 2 rings (SSSR count). The lowest BCUT2D eigenvalue weighted by molar-refractivity contribution is 0.414. The van der Waals surface area contributed by atoms with Crippen molar-refractivity contribution in [1.29, 1.82) is 0 Å². The van der Waals surface area contributed by atoms with Gasteiger partial charge in [0.1, 0.15) is 11.5 Å². The molecule has 1 aromatic carbocycles. The molecule has 0 amide bonds. The van der Waals surface area contributed by atoms with Crippen molar-refractivity contribution < 1.29 is 9.15 Å². The van der Waals surface area contributed by atoms with Gasteiger partial charge in [0.2, 0.25) is 0 Å². The predicted molar refractivity (Wildman–Crippen MR) is 72.1 cm³/mol. The van der Waals surface area contributed by atoms with Crippen molar-refractivity contribution in [1.82, 2.24) is 5.32 Å². The van der Waals surface area contributed by atoms with Crippen molar-refractivity contribution in [2.45, 2.75) is 13.0 Å². The maximum atomic E-state index is 5.69. The number of methoxy groups -OCH3 is 1. The first-order valence-corrected chi connectivity index (χ1v) is 6.23. The zero-order chi connectivity index (χ0) is 12.8. The fourth-order valence-electron chi connectivity index (χ4n) is 1.68. The summed E-state index contributed by atoms with van der Waals surface area (Å²) in [6, 6.07) is 11.7. The van der Waals surface area contributed by atoms with Crippen LogP contribution in [0.2, 0.25) is 5.22 Å². The predicted octanol–water partition coefficient (Wildman–Crippen LogP) is 3.27. The van der Waals surface area contributed by atoms with Gasteiger partial charge in [-0.25, -0.2) is 0 Å². The van der Waals surface area contributed by atoms with E-state index in [1.807, 2.05) is 18.2 Å². The molecular formula is C14H16ClNO2. The fraction of sp³-hybridized carbons (Fsp3) is 0.286. The number of nitrogens with one attached hydrogen (secondary N) is 1. The third-order valence-electron chi connectivity index (χ3n) is 2.68. The maximum Gasteiger partial charge on any atom is 0.193 e. The minimum Gasteiger partial charge on any atom is -0.497 e. The Balaban J connectivity index is 1.71. The lowest BCUT2D eigenvalue weighted by atomic mass is 10.1. The number of hydrogen-bond donors (Lipinski definition) is 1. The maximum absolute atomic E-state index is 5.69. The molecule has 1 N–H and O–H groups in total. The van der Waals surface area contributed by atoms with E-state index in [1.165, 1.54) is 5.56 Å². The quantitative estimate of drug-likeness (QED) is 0.814. The van der Waals surface area contributed by atoms with Gasteiger partial charge in [-0.3, -0.25) is 0 Å². The van der Waals surface area contributed by atoms with E-state index in [-0.39, 0.29) is 0 Å². The van der Waals surface area contributed by atoms with Gasteiger partial charge in [0.15, 0.2) is 5.22 Å². The van der Waals surface area contributed by atoms with Gasteiger partial charge in [0.05, 0.1) is 13.7 Å². The first-order chi connectivity index (χ1) is 8.78. The van der Waals surface area contributed by atoms with Gasteiger partial charge in [0, 0.05) is 0 Å². The molecule has 0 aliphatic carbocycles. The van der Waals surface area contributed by atoms with Crippen LogP contribution in [0.25, 0.3) is 0 Å². The number of benzene rings is 1. The molecule has 0 spiro atoms. The van der Waals surface area contributed by atoms with Gasteiger partial charge in [-0.2, -0.15) is 0 Å². The summed E-state index contributed by atoms with van der Waals surface area (Å²) in [6.07, 6.45) is 0.971. The van der Waals surface area contributed by atoms with Crippen molar-refractivity contribution in [3.63, 3.8) is 0 Å². The first-order valence-electron chi connectivity index (χ1n) is 5.86. The standard InChI is InChI=1S/C14H16ClNO2/c1-17-12-4-2-11(3-5-12)8-9-16-10-13-6-7-14(15)18-13/h2-7,16H,8-10H2,1H3. The zero-order valence-electron chi connectivity index (χ0n) is 10.3.